The van der Waals surface area contributed by atoms with Crippen LogP contribution in [0.1, 0.15) is 24.8 Å². The number of likely N-dealkylation sites (tertiary alicyclic amines) is 1. The zero-order valence-electron chi connectivity index (χ0n) is 14.7. The van der Waals surface area contributed by atoms with E-state index >= 15 is 0 Å². The number of rotatable bonds is 6. The van der Waals surface area contributed by atoms with Crippen LogP contribution < -0.4 is 5.32 Å². The van der Waals surface area contributed by atoms with E-state index in [2.05, 4.69) is 45.5 Å². The molecule has 2 aromatic rings. The first-order valence-corrected chi connectivity index (χ1v) is 10.2. The Labute approximate surface area is 154 Å². The molecule has 4 nitrogen and oxygen atoms in total. The summed E-state index contributed by atoms with van der Waals surface area (Å²) in [4.78, 5) is 6.91. The lowest BCUT2D eigenvalue weighted by atomic mass is 9.86. The molecule has 0 saturated carbocycles. The number of piperidine rings is 1. The van der Waals surface area contributed by atoms with E-state index in [-0.39, 0.29) is 5.60 Å². The first-order valence-electron chi connectivity index (χ1n) is 9.35. The monoisotopic (exact) mass is 357 g/mol. The van der Waals surface area contributed by atoms with Crippen molar-refractivity contribution in [3.8, 4) is 0 Å². The van der Waals surface area contributed by atoms with Gasteiger partial charge in [0.2, 0.25) is 0 Å². The van der Waals surface area contributed by atoms with Crippen molar-refractivity contribution >= 4 is 16.5 Å². The van der Waals surface area contributed by atoms with Crippen LogP contribution in [-0.2, 0) is 11.2 Å². The molecule has 4 rings (SSSR count). The summed E-state index contributed by atoms with van der Waals surface area (Å²) in [6, 6.07) is 10.8. The Kier molecular flexibility index (Phi) is 5.34. The number of ether oxygens (including phenoxy) is 1. The van der Waals surface area contributed by atoms with Gasteiger partial charge >= 0.3 is 0 Å². The van der Waals surface area contributed by atoms with Gasteiger partial charge in [0.25, 0.3) is 0 Å². The first kappa shape index (κ1) is 17.0. The van der Waals surface area contributed by atoms with Gasteiger partial charge in [0.15, 0.2) is 5.13 Å². The summed E-state index contributed by atoms with van der Waals surface area (Å²) in [6.45, 7) is 5.29. The third-order valence-corrected chi connectivity index (χ3v) is 6.17. The van der Waals surface area contributed by atoms with Gasteiger partial charge in [-0.1, -0.05) is 30.3 Å². The molecule has 2 fully saturated rings. The predicted molar refractivity (Wildman–Crippen MR) is 103 cm³/mol. The third-order valence-electron chi connectivity index (χ3n) is 5.44. The van der Waals surface area contributed by atoms with Gasteiger partial charge < -0.3 is 15.0 Å². The highest BCUT2D eigenvalue weighted by molar-refractivity contribution is 7.13. The van der Waals surface area contributed by atoms with Crippen molar-refractivity contribution in [2.75, 3.05) is 38.1 Å². The Morgan fingerprint density at radius 1 is 1.32 bits per heavy atom. The summed E-state index contributed by atoms with van der Waals surface area (Å²) in [6.07, 6.45) is 6.62. The first-order chi connectivity index (χ1) is 12.3. The fraction of sp³-hybridized carbons (Fsp3) is 0.550. The molecule has 2 aliphatic heterocycles. The zero-order valence-corrected chi connectivity index (χ0v) is 15.5. The summed E-state index contributed by atoms with van der Waals surface area (Å²) < 4.78 is 6.35. The summed E-state index contributed by atoms with van der Waals surface area (Å²) in [5.74, 6) is 0.595. The molecular weight excluding hydrogens is 330 g/mol. The number of nitrogens with zero attached hydrogens (tertiary/aromatic N) is 2. The van der Waals surface area contributed by atoms with Gasteiger partial charge in [-0.3, -0.25) is 0 Å². The van der Waals surface area contributed by atoms with E-state index in [0.717, 1.165) is 37.8 Å². The van der Waals surface area contributed by atoms with Crippen LogP contribution in [0.5, 0.6) is 0 Å². The normalized spacial score (nSPS) is 27.0. The molecule has 3 heterocycles. The van der Waals surface area contributed by atoms with E-state index in [1.165, 1.54) is 31.4 Å². The average Bonchev–Trinajstić information content (AvgIpc) is 3.30. The van der Waals surface area contributed by atoms with Crippen LogP contribution in [0.4, 0.5) is 5.13 Å². The molecule has 25 heavy (non-hydrogen) atoms. The highest BCUT2D eigenvalue weighted by Crippen LogP contribution is 2.37. The topological polar surface area (TPSA) is 37.4 Å². The molecule has 0 radical (unpaired) electrons. The average molecular weight is 358 g/mol. The van der Waals surface area contributed by atoms with Gasteiger partial charge in [-0.15, -0.1) is 11.3 Å². The van der Waals surface area contributed by atoms with Gasteiger partial charge in [0.05, 0.1) is 12.2 Å². The standard InChI is InChI=1S/C20H27N3OS/c1-2-5-17(6-3-1)7-11-23-10-4-8-20(16-23)13-18(15-24-20)14-22-19-21-9-12-25-19/h1-3,5-6,9,12,18H,4,7-8,10-11,13-16H2,(H,21,22)/t18-,20-/m0/s1. The van der Waals surface area contributed by atoms with Crippen molar-refractivity contribution in [3.05, 3.63) is 47.5 Å². The minimum Gasteiger partial charge on any atom is -0.373 e. The molecule has 1 spiro atoms. The lowest BCUT2D eigenvalue weighted by Crippen LogP contribution is -2.48. The highest BCUT2D eigenvalue weighted by Gasteiger charge is 2.43. The van der Waals surface area contributed by atoms with Crippen LogP contribution in [0, 0.1) is 5.92 Å². The second-order valence-corrected chi connectivity index (χ2v) is 8.29. The molecule has 134 valence electrons. The van der Waals surface area contributed by atoms with Crippen molar-refractivity contribution in [1.29, 1.82) is 0 Å². The lowest BCUT2D eigenvalue weighted by molar-refractivity contribution is -0.0511. The molecule has 2 atom stereocenters. The number of benzene rings is 1. The summed E-state index contributed by atoms with van der Waals surface area (Å²) in [5, 5.41) is 6.50. The summed E-state index contributed by atoms with van der Waals surface area (Å²) in [5.41, 5.74) is 1.52. The van der Waals surface area contributed by atoms with Gasteiger partial charge in [-0.05, 0) is 37.8 Å². The molecule has 1 aromatic carbocycles. The number of hydrogen-bond acceptors (Lipinski definition) is 5. The third kappa shape index (κ3) is 4.40. The van der Waals surface area contributed by atoms with Crippen LogP contribution in [0.25, 0.3) is 0 Å². The molecule has 0 aliphatic carbocycles. The van der Waals surface area contributed by atoms with Crippen LogP contribution in [-0.4, -0.2) is 48.3 Å². The maximum Gasteiger partial charge on any atom is 0.182 e. The van der Waals surface area contributed by atoms with Gasteiger partial charge in [-0.2, -0.15) is 0 Å². The second kappa shape index (κ2) is 7.85. The number of nitrogens with one attached hydrogen (secondary N) is 1. The van der Waals surface area contributed by atoms with Crippen LogP contribution >= 0.6 is 11.3 Å². The Hall–Kier alpha value is -1.43. The van der Waals surface area contributed by atoms with E-state index in [1.54, 1.807) is 11.3 Å². The Morgan fingerprint density at radius 2 is 2.24 bits per heavy atom. The number of thiazole rings is 1. The molecule has 1 aromatic heterocycles. The van der Waals surface area contributed by atoms with Crippen molar-refractivity contribution in [3.63, 3.8) is 0 Å². The highest BCUT2D eigenvalue weighted by atomic mass is 32.1. The Morgan fingerprint density at radius 3 is 3.08 bits per heavy atom. The maximum atomic E-state index is 6.35. The molecule has 2 saturated heterocycles. The summed E-state index contributed by atoms with van der Waals surface area (Å²) >= 11 is 1.67. The zero-order chi connectivity index (χ0) is 17.0. The molecular formula is C20H27N3OS. The van der Waals surface area contributed by atoms with Gasteiger partial charge in [-0.25, -0.2) is 4.98 Å². The van der Waals surface area contributed by atoms with Crippen molar-refractivity contribution < 1.29 is 4.74 Å². The lowest BCUT2D eigenvalue weighted by Gasteiger charge is -2.40. The largest absolute Gasteiger partial charge is 0.373 e. The van der Waals surface area contributed by atoms with Crippen LogP contribution in [0.3, 0.4) is 0 Å². The fourth-order valence-corrected chi connectivity index (χ4v) is 4.75. The molecule has 5 heteroatoms. The van der Waals surface area contributed by atoms with Crippen molar-refractivity contribution in [2.24, 2.45) is 5.92 Å². The molecule has 0 unspecified atom stereocenters. The minimum atomic E-state index is 0.0875. The molecule has 0 amide bonds. The van der Waals surface area contributed by atoms with Crippen LogP contribution in [0.2, 0.25) is 0 Å². The van der Waals surface area contributed by atoms with Gasteiger partial charge in [0, 0.05) is 37.1 Å². The maximum absolute atomic E-state index is 6.35. The fourth-order valence-electron chi connectivity index (χ4n) is 4.21. The smallest absolute Gasteiger partial charge is 0.182 e. The van der Waals surface area contributed by atoms with Gasteiger partial charge in [0.1, 0.15) is 0 Å². The Balaban J connectivity index is 1.27. The number of anilines is 1. The van der Waals surface area contributed by atoms with E-state index in [9.17, 15) is 0 Å². The quantitative estimate of drug-likeness (QED) is 0.856. The Bertz CT molecular complexity index is 648. The van der Waals surface area contributed by atoms with Crippen molar-refractivity contribution in [2.45, 2.75) is 31.3 Å². The molecule has 1 N–H and O–H groups in total. The van der Waals surface area contributed by atoms with E-state index < -0.39 is 0 Å². The van der Waals surface area contributed by atoms with Crippen molar-refractivity contribution in [1.82, 2.24) is 9.88 Å². The molecule has 2 aliphatic rings. The van der Waals surface area contributed by atoms with Crippen LogP contribution in [0.15, 0.2) is 41.9 Å². The van der Waals surface area contributed by atoms with E-state index in [0.29, 0.717) is 5.92 Å². The van der Waals surface area contributed by atoms with E-state index in [4.69, 9.17) is 4.74 Å². The number of hydrogen-bond donors (Lipinski definition) is 1. The second-order valence-electron chi connectivity index (χ2n) is 7.40. The molecule has 0 bridgehead atoms. The summed E-state index contributed by atoms with van der Waals surface area (Å²) in [7, 11) is 0. The minimum absolute atomic E-state index is 0.0875. The SMILES string of the molecule is c1ccc(CCN2CCC[C@]3(C[C@@H](CNc4nccs4)CO3)C2)cc1. The number of aromatic nitrogens is 1. The predicted octanol–water partition coefficient (Wildman–Crippen LogP) is 3.67. The van der Waals surface area contributed by atoms with E-state index in [1.807, 2.05) is 11.6 Å².